The van der Waals surface area contributed by atoms with Crippen molar-refractivity contribution < 1.29 is 0 Å². The molecule has 8 rings (SSSR count). The smallest absolute Gasteiger partial charge is 0.0527 e. The van der Waals surface area contributed by atoms with Gasteiger partial charge < -0.3 is 0 Å². The Balaban J connectivity index is 1.10. The summed E-state index contributed by atoms with van der Waals surface area (Å²) in [6, 6.07) is 33.5. The van der Waals surface area contributed by atoms with Crippen molar-refractivity contribution >= 4 is 22.7 Å². The predicted molar refractivity (Wildman–Crippen MR) is 211 cm³/mol. The van der Waals surface area contributed by atoms with E-state index in [2.05, 4.69) is 110 Å². The molecular formula is C46H46S2. The molecular weight excluding hydrogens is 617 g/mol. The molecule has 0 aliphatic heterocycles. The fourth-order valence-electron chi connectivity index (χ4n) is 8.12. The standard InChI is InChI=1S/C46H46S2/c1-3-5-7-9-12-31-15-19-39-35(24-31)28-37-26-33(17-21-41(37)39)43-30-48-46(44-14-11-23-47-44)45(43)34-18-22-42-38(27-34)29-36-25-32(16-20-40(36)42)13-10-8-6-4-2/h11,14-27,30H,3-10,12-13,28-29H2,1-2H3. The molecule has 0 radical (unpaired) electrons. The van der Waals surface area contributed by atoms with Crippen molar-refractivity contribution in [3.8, 4) is 54.3 Å². The van der Waals surface area contributed by atoms with Gasteiger partial charge in [0.1, 0.15) is 0 Å². The van der Waals surface area contributed by atoms with Crippen molar-refractivity contribution in [1.29, 1.82) is 0 Å². The first-order chi connectivity index (χ1) is 23.7. The van der Waals surface area contributed by atoms with Crippen LogP contribution in [0.2, 0.25) is 0 Å². The molecule has 2 heterocycles. The van der Waals surface area contributed by atoms with Crippen LogP contribution in [0.15, 0.2) is 95.7 Å². The molecule has 6 aromatic rings. The zero-order valence-electron chi connectivity index (χ0n) is 28.5. The molecule has 48 heavy (non-hydrogen) atoms. The van der Waals surface area contributed by atoms with Gasteiger partial charge in [-0.3, -0.25) is 0 Å². The van der Waals surface area contributed by atoms with Gasteiger partial charge in [-0.25, -0.2) is 0 Å². The van der Waals surface area contributed by atoms with Crippen molar-refractivity contribution in [2.45, 2.75) is 90.9 Å². The number of benzene rings is 4. The summed E-state index contributed by atoms with van der Waals surface area (Å²) in [5, 5.41) is 4.62. The lowest BCUT2D eigenvalue weighted by Crippen LogP contribution is -1.89. The van der Waals surface area contributed by atoms with Crippen LogP contribution >= 0.6 is 22.7 Å². The fraction of sp³-hybridized carbons (Fsp3) is 0.304. The van der Waals surface area contributed by atoms with Crippen LogP contribution in [-0.2, 0) is 25.7 Å². The first kappa shape index (κ1) is 31.5. The lowest BCUT2D eigenvalue weighted by atomic mass is 9.92. The minimum Gasteiger partial charge on any atom is -0.143 e. The summed E-state index contributed by atoms with van der Waals surface area (Å²) in [5.74, 6) is 0. The van der Waals surface area contributed by atoms with Crippen LogP contribution in [0.25, 0.3) is 54.3 Å². The quantitative estimate of drug-likeness (QED) is 0.108. The maximum absolute atomic E-state index is 2.50. The number of hydrogen-bond donors (Lipinski definition) is 0. The van der Waals surface area contributed by atoms with E-state index in [4.69, 9.17) is 0 Å². The lowest BCUT2D eigenvalue weighted by Gasteiger charge is -2.12. The lowest BCUT2D eigenvalue weighted by molar-refractivity contribution is 0.667. The molecule has 2 aliphatic carbocycles. The van der Waals surface area contributed by atoms with E-state index in [-0.39, 0.29) is 0 Å². The zero-order valence-corrected chi connectivity index (χ0v) is 30.2. The van der Waals surface area contributed by atoms with Crippen LogP contribution in [-0.4, -0.2) is 0 Å². The van der Waals surface area contributed by atoms with E-state index in [0.29, 0.717) is 0 Å². The second kappa shape index (κ2) is 14.0. The van der Waals surface area contributed by atoms with Gasteiger partial charge in [-0.15, -0.1) is 22.7 Å². The van der Waals surface area contributed by atoms with Crippen molar-refractivity contribution in [1.82, 2.24) is 0 Å². The molecule has 0 saturated heterocycles. The topological polar surface area (TPSA) is 0 Å². The third-order valence-corrected chi connectivity index (χ3v) is 12.7. The number of unbranched alkanes of at least 4 members (excludes halogenated alkanes) is 6. The zero-order chi connectivity index (χ0) is 32.5. The van der Waals surface area contributed by atoms with Crippen molar-refractivity contribution in [2.24, 2.45) is 0 Å². The molecule has 2 aliphatic rings. The molecule has 0 amide bonds. The highest BCUT2D eigenvalue weighted by molar-refractivity contribution is 7.21. The van der Waals surface area contributed by atoms with E-state index in [0.717, 1.165) is 12.8 Å². The van der Waals surface area contributed by atoms with E-state index in [1.807, 2.05) is 22.7 Å². The Hall–Kier alpha value is -3.72. The molecule has 0 nitrogen and oxygen atoms in total. The van der Waals surface area contributed by atoms with E-state index >= 15 is 0 Å². The maximum Gasteiger partial charge on any atom is 0.0527 e. The minimum atomic E-state index is 1.03. The van der Waals surface area contributed by atoms with Gasteiger partial charge in [0, 0.05) is 16.0 Å². The Morgan fingerprint density at radius 1 is 0.500 bits per heavy atom. The minimum absolute atomic E-state index is 1.03. The first-order valence-electron chi connectivity index (χ1n) is 18.4. The van der Waals surface area contributed by atoms with Crippen molar-refractivity contribution in [3.05, 3.63) is 129 Å². The van der Waals surface area contributed by atoms with Crippen LogP contribution in [0.4, 0.5) is 0 Å². The number of thiophene rings is 2. The highest BCUT2D eigenvalue weighted by atomic mass is 32.1. The van der Waals surface area contributed by atoms with Gasteiger partial charge in [-0.05, 0) is 122 Å². The summed E-state index contributed by atoms with van der Waals surface area (Å²) in [6.07, 6.45) is 15.0. The number of hydrogen-bond acceptors (Lipinski definition) is 2. The highest BCUT2D eigenvalue weighted by Gasteiger charge is 2.24. The van der Waals surface area contributed by atoms with Crippen LogP contribution in [0.5, 0.6) is 0 Å². The fourth-order valence-corrected chi connectivity index (χ4v) is 10.1. The normalized spacial score (nSPS) is 12.6. The summed E-state index contributed by atoms with van der Waals surface area (Å²) in [6.45, 7) is 4.58. The van der Waals surface area contributed by atoms with Gasteiger partial charge in [0.25, 0.3) is 0 Å². The first-order valence-corrected chi connectivity index (χ1v) is 20.1. The summed E-state index contributed by atoms with van der Waals surface area (Å²) in [4.78, 5) is 2.75. The number of fused-ring (bicyclic) bond motifs is 6. The van der Waals surface area contributed by atoms with E-state index in [9.17, 15) is 0 Å². The highest BCUT2D eigenvalue weighted by Crippen LogP contribution is 2.49. The largest absolute Gasteiger partial charge is 0.143 e. The molecule has 0 bridgehead atoms. The Bertz CT molecular complexity index is 2050. The summed E-state index contributed by atoms with van der Waals surface area (Å²) >= 11 is 3.75. The third-order valence-electron chi connectivity index (χ3n) is 10.7. The van der Waals surface area contributed by atoms with Gasteiger partial charge >= 0.3 is 0 Å². The van der Waals surface area contributed by atoms with Crippen molar-refractivity contribution in [2.75, 3.05) is 0 Å². The average Bonchev–Trinajstić information content (AvgIpc) is 3.92. The molecule has 0 atom stereocenters. The van der Waals surface area contributed by atoms with Crippen LogP contribution < -0.4 is 0 Å². The SMILES string of the molecule is CCCCCCc1ccc2c(c1)Cc1cc(-c3csc(-c4cccs4)c3-c3ccc4c(c3)Cc3cc(CCCCCC)ccc3-4)ccc1-2. The Labute approximate surface area is 295 Å². The van der Waals surface area contributed by atoms with E-state index in [1.54, 1.807) is 0 Å². The molecule has 0 fully saturated rings. The molecule has 2 heteroatoms. The molecule has 2 aromatic heterocycles. The Kier molecular flexibility index (Phi) is 9.21. The van der Waals surface area contributed by atoms with Gasteiger partial charge in [-0.2, -0.15) is 0 Å². The van der Waals surface area contributed by atoms with Crippen LogP contribution in [0.1, 0.15) is 98.6 Å². The van der Waals surface area contributed by atoms with Gasteiger partial charge in [0.05, 0.1) is 4.88 Å². The maximum atomic E-state index is 2.50. The predicted octanol–water partition coefficient (Wildman–Crippen LogP) is 14.2. The third kappa shape index (κ3) is 6.14. The number of rotatable bonds is 13. The Morgan fingerprint density at radius 3 is 1.60 bits per heavy atom. The second-order valence-electron chi connectivity index (χ2n) is 14.0. The molecule has 242 valence electrons. The molecule has 0 saturated carbocycles. The van der Waals surface area contributed by atoms with Crippen LogP contribution in [0, 0.1) is 0 Å². The molecule has 0 unspecified atom stereocenters. The van der Waals surface area contributed by atoms with Crippen molar-refractivity contribution in [3.63, 3.8) is 0 Å². The van der Waals surface area contributed by atoms with Gasteiger partial charge in [0.15, 0.2) is 0 Å². The molecule has 0 spiro atoms. The average molecular weight is 663 g/mol. The van der Waals surface area contributed by atoms with E-state index < -0.39 is 0 Å². The summed E-state index contributed by atoms with van der Waals surface area (Å²) in [7, 11) is 0. The Morgan fingerprint density at radius 2 is 1.04 bits per heavy atom. The second-order valence-corrected chi connectivity index (χ2v) is 15.9. The number of aryl methyl sites for hydroxylation is 2. The van der Waals surface area contributed by atoms with Gasteiger partial charge in [-0.1, -0.05) is 131 Å². The molecule has 0 N–H and O–H groups in total. The van der Waals surface area contributed by atoms with Crippen LogP contribution in [0.3, 0.4) is 0 Å². The molecule has 4 aromatic carbocycles. The summed E-state index contributed by atoms with van der Waals surface area (Å²) in [5.41, 5.74) is 20.1. The van der Waals surface area contributed by atoms with E-state index in [1.165, 1.54) is 152 Å². The monoisotopic (exact) mass is 662 g/mol. The van der Waals surface area contributed by atoms with Gasteiger partial charge in [0.2, 0.25) is 0 Å². The summed E-state index contributed by atoms with van der Waals surface area (Å²) < 4.78 is 0.